The van der Waals surface area contributed by atoms with E-state index in [1.165, 1.54) is 12.3 Å². The Hall–Kier alpha value is -0.910. The van der Waals surface area contributed by atoms with Crippen molar-refractivity contribution in [2.24, 2.45) is 0 Å². The molecule has 1 rings (SSSR count). The molecule has 0 aromatic carbocycles. The van der Waals surface area contributed by atoms with Crippen LogP contribution in [0.15, 0.2) is 12.3 Å². The van der Waals surface area contributed by atoms with Gasteiger partial charge in [0, 0.05) is 6.20 Å². The van der Waals surface area contributed by atoms with Crippen LogP contribution < -0.4 is 5.73 Å². The quantitative estimate of drug-likeness (QED) is 0.748. The fourth-order valence-electron chi connectivity index (χ4n) is 0.649. The second-order valence-electron chi connectivity index (χ2n) is 2.05. The zero-order valence-electron chi connectivity index (χ0n) is 5.88. The number of nitrogens with two attached hydrogens (primary N) is 1. The Labute approximate surface area is 72.8 Å². The van der Waals surface area contributed by atoms with Crippen molar-refractivity contribution >= 4 is 18.2 Å². The van der Waals surface area contributed by atoms with Crippen molar-refractivity contribution in [3.05, 3.63) is 12.3 Å². The van der Waals surface area contributed by atoms with E-state index in [1.54, 1.807) is 0 Å². The minimum Gasteiger partial charge on any atom is -0.382 e. The lowest BCUT2D eigenvalue weighted by molar-refractivity contribution is -0.142. The van der Waals surface area contributed by atoms with Gasteiger partial charge in [-0.15, -0.1) is 12.4 Å². The number of anilines is 1. The van der Waals surface area contributed by atoms with Gasteiger partial charge in [0.15, 0.2) is 0 Å². The van der Waals surface area contributed by atoms with Gasteiger partial charge < -0.3 is 5.73 Å². The number of hydrogen-bond acceptors (Lipinski definition) is 2. The average Bonchev–Trinajstić information content (AvgIpc) is 2.10. The first kappa shape index (κ1) is 11.1. The first-order valence-electron chi connectivity index (χ1n) is 2.83. The van der Waals surface area contributed by atoms with E-state index in [1.807, 2.05) is 0 Å². The van der Waals surface area contributed by atoms with Crippen molar-refractivity contribution in [1.29, 1.82) is 0 Å². The van der Waals surface area contributed by atoms with Crippen LogP contribution in [0.3, 0.4) is 0 Å². The summed E-state index contributed by atoms with van der Waals surface area (Å²) in [4.78, 5) is 0. The molecule has 70 valence electrons. The summed E-state index contributed by atoms with van der Waals surface area (Å²) in [5.74, 6) is 0.0919. The molecule has 0 spiro atoms. The van der Waals surface area contributed by atoms with Gasteiger partial charge in [-0.05, 0) is 6.07 Å². The number of nitrogens with zero attached hydrogens (tertiary/aromatic N) is 2. The smallest absolute Gasteiger partial charge is 0.382 e. The molecule has 0 radical (unpaired) electrons. The van der Waals surface area contributed by atoms with Crippen LogP contribution in [0.25, 0.3) is 0 Å². The summed E-state index contributed by atoms with van der Waals surface area (Å²) in [6.07, 6.45) is -3.05. The van der Waals surface area contributed by atoms with Crippen molar-refractivity contribution in [2.45, 2.75) is 12.7 Å². The summed E-state index contributed by atoms with van der Waals surface area (Å²) in [5.41, 5.74) is 5.10. The zero-order valence-corrected chi connectivity index (χ0v) is 6.69. The van der Waals surface area contributed by atoms with E-state index in [2.05, 4.69) is 5.10 Å². The molecule has 1 aromatic heterocycles. The van der Waals surface area contributed by atoms with Gasteiger partial charge in [0.25, 0.3) is 0 Å². The number of halogens is 4. The highest BCUT2D eigenvalue weighted by Crippen LogP contribution is 2.16. The molecule has 0 aliphatic carbocycles. The number of nitrogen functional groups attached to an aromatic ring is 1. The first-order valence-corrected chi connectivity index (χ1v) is 2.83. The van der Waals surface area contributed by atoms with Gasteiger partial charge >= 0.3 is 6.18 Å². The van der Waals surface area contributed by atoms with Crippen molar-refractivity contribution < 1.29 is 13.2 Å². The Balaban J connectivity index is 0.00000121. The lowest BCUT2D eigenvalue weighted by Gasteiger charge is -2.04. The summed E-state index contributed by atoms with van der Waals surface area (Å²) in [6, 6.07) is 1.31. The van der Waals surface area contributed by atoms with Gasteiger partial charge in [-0.1, -0.05) is 0 Å². The fourth-order valence-corrected chi connectivity index (χ4v) is 0.649. The number of rotatable bonds is 1. The minimum absolute atomic E-state index is 0. The Bertz CT molecular complexity index is 244. The van der Waals surface area contributed by atoms with Crippen LogP contribution in [0, 0.1) is 0 Å². The Morgan fingerprint density at radius 1 is 1.50 bits per heavy atom. The molecule has 0 unspecified atom stereocenters. The van der Waals surface area contributed by atoms with E-state index in [4.69, 9.17) is 5.73 Å². The molecule has 1 heterocycles. The van der Waals surface area contributed by atoms with E-state index >= 15 is 0 Å². The summed E-state index contributed by atoms with van der Waals surface area (Å²) < 4.78 is 35.7. The molecule has 0 fully saturated rings. The second kappa shape index (κ2) is 3.66. The lowest BCUT2D eigenvalue weighted by Crippen LogP contribution is -2.18. The molecule has 0 saturated carbocycles. The molecule has 1 aromatic rings. The first-order chi connectivity index (χ1) is 4.97. The molecule has 3 nitrogen and oxygen atoms in total. The minimum atomic E-state index is -4.24. The number of hydrogen-bond donors (Lipinski definition) is 1. The molecule has 12 heavy (non-hydrogen) atoms. The summed E-state index contributed by atoms with van der Waals surface area (Å²) in [6.45, 7) is -1.09. The van der Waals surface area contributed by atoms with Gasteiger partial charge in [0.2, 0.25) is 0 Å². The van der Waals surface area contributed by atoms with Gasteiger partial charge in [-0.3, -0.25) is 4.68 Å². The van der Waals surface area contributed by atoms with Gasteiger partial charge in [-0.25, -0.2) is 0 Å². The van der Waals surface area contributed by atoms with Gasteiger partial charge in [0.05, 0.1) is 0 Å². The van der Waals surface area contributed by atoms with E-state index in [0.29, 0.717) is 0 Å². The molecule has 7 heteroatoms. The second-order valence-corrected chi connectivity index (χ2v) is 2.05. The van der Waals surface area contributed by atoms with Gasteiger partial charge in [0.1, 0.15) is 12.4 Å². The molecular weight excluding hydrogens is 195 g/mol. The number of aromatic nitrogens is 2. The summed E-state index contributed by atoms with van der Waals surface area (Å²) >= 11 is 0. The standard InChI is InChI=1S/C5H6F3N3.ClH/c6-5(7,8)3-11-2-1-4(9)10-11;/h1-2H,3H2,(H2,9,10);1H. The largest absolute Gasteiger partial charge is 0.408 e. The van der Waals surface area contributed by atoms with E-state index in [0.717, 1.165) is 4.68 Å². The van der Waals surface area contributed by atoms with Crippen molar-refractivity contribution in [3.8, 4) is 0 Å². The van der Waals surface area contributed by atoms with Crippen LogP contribution >= 0.6 is 12.4 Å². The predicted octanol–water partition coefficient (Wildman–Crippen LogP) is 1.45. The van der Waals surface area contributed by atoms with Crippen LogP contribution in [0.1, 0.15) is 0 Å². The van der Waals surface area contributed by atoms with Crippen LogP contribution in [-0.4, -0.2) is 16.0 Å². The highest BCUT2D eigenvalue weighted by molar-refractivity contribution is 5.85. The summed E-state index contributed by atoms with van der Waals surface area (Å²) in [7, 11) is 0. The highest BCUT2D eigenvalue weighted by Gasteiger charge is 2.28. The molecular formula is C5H7ClF3N3. The van der Waals surface area contributed by atoms with Crippen LogP contribution in [0.2, 0.25) is 0 Å². The summed E-state index contributed by atoms with van der Waals surface area (Å²) in [5, 5.41) is 3.37. The van der Waals surface area contributed by atoms with Crippen molar-refractivity contribution in [3.63, 3.8) is 0 Å². The fraction of sp³-hybridized carbons (Fsp3) is 0.400. The maximum Gasteiger partial charge on any atom is 0.408 e. The van der Waals surface area contributed by atoms with E-state index in [-0.39, 0.29) is 18.2 Å². The Morgan fingerprint density at radius 3 is 2.42 bits per heavy atom. The predicted molar refractivity (Wildman–Crippen MR) is 39.9 cm³/mol. The number of alkyl halides is 3. The van der Waals surface area contributed by atoms with Gasteiger partial charge in [-0.2, -0.15) is 18.3 Å². The zero-order chi connectivity index (χ0) is 8.48. The highest BCUT2D eigenvalue weighted by atomic mass is 35.5. The molecule has 0 atom stereocenters. The molecule has 2 N–H and O–H groups in total. The third-order valence-electron chi connectivity index (χ3n) is 1.00. The average molecular weight is 202 g/mol. The van der Waals surface area contributed by atoms with Crippen LogP contribution in [-0.2, 0) is 6.54 Å². The lowest BCUT2D eigenvalue weighted by atomic mass is 10.6. The maximum absolute atomic E-state index is 11.6. The van der Waals surface area contributed by atoms with Crippen LogP contribution in [0.4, 0.5) is 19.0 Å². The molecule has 0 amide bonds. The molecule has 0 saturated heterocycles. The van der Waals surface area contributed by atoms with E-state index < -0.39 is 12.7 Å². The normalized spacial score (nSPS) is 10.9. The Kier molecular flexibility index (Phi) is 3.38. The monoisotopic (exact) mass is 201 g/mol. The third-order valence-corrected chi connectivity index (χ3v) is 1.00. The van der Waals surface area contributed by atoms with E-state index in [9.17, 15) is 13.2 Å². The van der Waals surface area contributed by atoms with Crippen molar-refractivity contribution in [2.75, 3.05) is 5.73 Å². The maximum atomic E-state index is 11.6. The molecule has 0 aliphatic rings. The molecule has 0 bridgehead atoms. The third kappa shape index (κ3) is 3.47. The topological polar surface area (TPSA) is 43.8 Å². The Morgan fingerprint density at radius 2 is 2.08 bits per heavy atom. The van der Waals surface area contributed by atoms with Crippen LogP contribution in [0.5, 0.6) is 0 Å². The SMILES string of the molecule is Cl.Nc1ccn(CC(F)(F)F)n1. The molecule has 0 aliphatic heterocycles. The van der Waals surface area contributed by atoms with Crippen molar-refractivity contribution in [1.82, 2.24) is 9.78 Å².